The number of hydrogen-bond acceptors (Lipinski definition) is 5. The molecular weight excluding hydrogens is 244 g/mol. The SMILES string of the molecule is CCN1CCOC(CNCc2ccc(O)cc2O)C1. The van der Waals surface area contributed by atoms with Crippen LogP contribution in [0.25, 0.3) is 0 Å². The van der Waals surface area contributed by atoms with Gasteiger partial charge >= 0.3 is 0 Å². The zero-order valence-corrected chi connectivity index (χ0v) is 11.3. The zero-order valence-electron chi connectivity index (χ0n) is 11.3. The summed E-state index contributed by atoms with van der Waals surface area (Å²) in [4.78, 5) is 2.37. The van der Waals surface area contributed by atoms with Crippen molar-refractivity contribution in [3.05, 3.63) is 23.8 Å². The third kappa shape index (κ3) is 4.09. The van der Waals surface area contributed by atoms with Gasteiger partial charge in [-0.1, -0.05) is 13.0 Å². The molecule has 0 amide bonds. The Hall–Kier alpha value is -1.30. The number of likely N-dealkylation sites (N-methyl/N-ethyl adjacent to an activating group) is 1. The first-order valence-electron chi connectivity index (χ1n) is 6.74. The fourth-order valence-corrected chi connectivity index (χ4v) is 2.26. The van der Waals surface area contributed by atoms with Crippen LogP contribution in [0.4, 0.5) is 0 Å². The largest absolute Gasteiger partial charge is 0.508 e. The Balaban J connectivity index is 1.76. The normalized spacial score (nSPS) is 20.6. The molecule has 2 rings (SSSR count). The molecule has 1 aromatic rings. The Morgan fingerprint density at radius 1 is 1.42 bits per heavy atom. The molecule has 0 spiro atoms. The van der Waals surface area contributed by atoms with Gasteiger partial charge in [0.25, 0.3) is 0 Å². The molecule has 3 N–H and O–H groups in total. The fourth-order valence-electron chi connectivity index (χ4n) is 2.26. The van der Waals surface area contributed by atoms with Crippen molar-refractivity contribution in [3.8, 4) is 11.5 Å². The van der Waals surface area contributed by atoms with Gasteiger partial charge in [-0.15, -0.1) is 0 Å². The quantitative estimate of drug-likeness (QED) is 0.739. The van der Waals surface area contributed by atoms with Crippen LogP contribution >= 0.6 is 0 Å². The van der Waals surface area contributed by atoms with Gasteiger partial charge in [-0.05, 0) is 12.6 Å². The molecule has 1 heterocycles. The summed E-state index contributed by atoms with van der Waals surface area (Å²) in [5.74, 6) is 0.197. The maximum atomic E-state index is 9.67. The minimum absolute atomic E-state index is 0.0791. The molecule has 0 saturated carbocycles. The third-order valence-corrected chi connectivity index (χ3v) is 3.43. The molecule has 1 aromatic carbocycles. The van der Waals surface area contributed by atoms with E-state index in [9.17, 15) is 10.2 Å². The fraction of sp³-hybridized carbons (Fsp3) is 0.571. The third-order valence-electron chi connectivity index (χ3n) is 3.43. The summed E-state index contributed by atoms with van der Waals surface area (Å²) < 4.78 is 5.69. The number of rotatable bonds is 5. The molecule has 1 aliphatic rings. The van der Waals surface area contributed by atoms with Gasteiger partial charge in [-0.25, -0.2) is 0 Å². The minimum atomic E-state index is 0.0791. The van der Waals surface area contributed by atoms with Crippen LogP contribution in [0.5, 0.6) is 11.5 Å². The standard InChI is InChI=1S/C14H22N2O3/c1-2-16-5-6-19-13(10-16)9-15-8-11-3-4-12(17)7-14(11)18/h3-4,7,13,15,17-18H,2,5-6,8-10H2,1H3. The summed E-state index contributed by atoms with van der Waals surface area (Å²) in [6, 6.07) is 4.65. The molecule has 0 aliphatic carbocycles. The van der Waals surface area contributed by atoms with E-state index in [2.05, 4.69) is 17.1 Å². The second kappa shape index (κ2) is 6.75. The number of aromatic hydroxyl groups is 2. The molecular formula is C14H22N2O3. The molecule has 19 heavy (non-hydrogen) atoms. The molecule has 0 aromatic heterocycles. The topological polar surface area (TPSA) is 65.0 Å². The molecule has 1 unspecified atom stereocenters. The Bertz CT molecular complexity index is 412. The van der Waals surface area contributed by atoms with Crippen LogP contribution in [0.2, 0.25) is 0 Å². The lowest BCUT2D eigenvalue weighted by Crippen LogP contribution is -2.46. The van der Waals surface area contributed by atoms with Crippen molar-refractivity contribution >= 4 is 0 Å². The van der Waals surface area contributed by atoms with Gasteiger partial charge in [-0.2, -0.15) is 0 Å². The van der Waals surface area contributed by atoms with E-state index < -0.39 is 0 Å². The zero-order chi connectivity index (χ0) is 13.7. The number of morpholine rings is 1. The second-order valence-corrected chi connectivity index (χ2v) is 4.83. The summed E-state index contributed by atoms with van der Waals surface area (Å²) in [6.07, 6.45) is 0.202. The lowest BCUT2D eigenvalue weighted by atomic mass is 10.2. The number of phenolic OH excluding ortho intramolecular Hbond substituents is 2. The van der Waals surface area contributed by atoms with Crippen LogP contribution in [0.3, 0.4) is 0 Å². The summed E-state index contributed by atoms with van der Waals surface area (Å²) >= 11 is 0. The van der Waals surface area contributed by atoms with E-state index >= 15 is 0 Å². The Labute approximate surface area is 113 Å². The predicted molar refractivity (Wildman–Crippen MR) is 73.3 cm³/mol. The van der Waals surface area contributed by atoms with E-state index in [0.717, 1.165) is 38.3 Å². The lowest BCUT2D eigenvalue weighted by molar-refractivity contribution is -0.0253. The van der Waals surface area contributed by atoms with Crippen molar-refractivity contribution in [1.29, 1.82) is 0 Å². The van der Waals surface area contributed by atoms with Gasteiger partial charge < -0.3 is 20.3 Å². The van der Waals surface area contributed by atoms with Crippen molar-refractivity contribution in [2.24, 2.45) is 0 Å². The molecule has 0 radical (unpaired) electrons. The molecule has 1 fully saturated rings. The lowest BCUT2D eigenvalue weighted by Gasteiger charge is -2.32. The summed E-state index contributed by atoms with van der Waals surface area (Å²) in [7, 11) is 0. The van der Waals surface area contributed by atoms with Crippen LogP contribution in [0.1, 0.15) is 12.5 Å². The number of nitrogens with zero attached hydrogens (tertiary/aromatic N) is 1. The number of benzene rings is 1. The molecule has 106 valence electrons. The second-order valence-electron chi connectivity index (χ2n) is 4.83. The molecule has 0 bridgehead atoms. The highest BCUT2D eigenvalue weighted by Gasteiger charge is 2.18. The number of phenols is 2. The average Bonchev–Trinajstić information content (AvgIpc) is 2.41. The van der Waals surface area contributed by atoms with Crippen LogP contribution in [0.15, 0.2) is 18.2 Å². The van der Waals surface area contributed by atoms with Gasteiger partial charge in [-0.3, -0.25) is 4.90 Å². The van der Waals surface area contributed by atoms with Crippen molar-refractivity contribution in [2.75, 3.05) is 32.8 Å². The number of ether oxygens (including phenoxy) is 1. The van der Waals surface area contributed by atoms with Gasteiger partial charge in [0, 0.05) is 37.8 Å². The van der Waals surface area contributed by atoms with Gasteiger partial charge in [0.15, 0.2) is 0 Å². The summed E-state index contributed by atoms with van der Waals surface area (Å²) in [5, 5.41) is 22.2. The smallest absolute Gasteiger partial charge is 0.123 e. The number of hydrogen-bond donors (Lipinski definition) is 3. The molecule has 5 heteroatoms. The molecule has 1 aliphatic heterocycles. The highest BCUT2D eigenvalue weighted by Crippen LogP contribution is 2.22. The molecule has 1 atom stereocenters. The van der Waals surface area contributed by atoms with E-state index in [1.165, 1.54) is 6.07 Å². The van der Waals surface area contributed by atoms with E-state index in [1.807, 2.05) is 0 Å². The number of nitrogens with one attached hydrogen (secondary N) is 1. The Morgan fingerprint density at radius 3 is 3.00 bits per heavy atom. The maximum Gasteiger partial charge on any atom is 0.123 e. The monoisotopic (exact) mass is 266 g/mol. The van der Waals surface area contributed by atoms with Gasteiger partial charge in [0.2, 0.25) is 0 Å². The van der Waals surface area contributed by atoms with E-state index in [4.69, 9.17) is 4.74 Å². The van der Waals surface area contributed by atoms with Crippen molar-refractivity contribution in [3.63, 3.8) is 0 Å². The molecule has 1 saturated heterocycles. The van der Waals surface area contributed by atoms with Crippen LogP contribution in [-0.4, -0.2) is 54.0 Å². The van der Waals surface area contributed by atoms with Crippen LogP contribution in [0, 0.1) is 0 Å². The van der Waals surface area contributed by atoms with E-state index in [1.54, 1.807) is 12.1 Å². The Kier molecular flexibility index (Phi) is 5.01. The van der Waals surface area contributed by atoms with Crippen molar-refractivity contribution in [1.82, 2.24) is 10.2 Å². The summed E-state index contributed by atoms with van der Waals surface area (Å²) in [6.45, 7) is 7.28. The van der Waals surface area contributed by atoms with E-state index in [0.29, 0.717) is 6.54 Å². The Morgan fingerprint density at radius 2 is 2.26 bits per heavy atom. The molecule has 5 nitrogen and oxygen atoms in total. The van der Waals surface area contributed by atoms with Crippen LogP contribution in [-0.2, 0) is 11.3 Å². The highest BCUT2D eigenvalue weighted by atomic mass is 16.5. The predicted octanol–water partition coefficient (Wildman–Crippen LogP) is 0.908. The average molecular weight is 266 g/mol. The first kappa shape index (κ1) is 14.1. The maximum absolute atomic E-state index is 9.67. The van der Waals surface area contributed by atoms with Gasteiger partial charge in [0.1, 0.15) is 11.5 Å². The first-order valence-corrected chi connectivity index (χ1v) is 6.74. The van der Waals surface area contributed by atoms with E-state index in [-0.39, 0.29) is 17.6 Å². The van der Waals surface area contributed by atoms with Crippen LogP contribution < -0.4 is 5.32 Å². The van der Waals surface area contributed by atoms with Gasteiger partial charge in [0.05, 0.1) is 12.7 Å². The summed E-state index contributed by atoms with van der Waals surface area (Å²) in [5.41, 5.74) is 0.779. The van der Waals surface area contributed by atoms with Crippen molar-refractivity contribution < 1.29 is 14.9 Å². The minimum Gasteiger partial charge on any atom is -0.508 e. The van der Waals surface area contributed by atoms with Crippen molar-refractivity contribution in [2.45, 2.75) is 19.6 Å². The highest BCUT2D eigenvalue weighted by molar-refractivity contribution is 5.38. The first-order chi connectivity index (χ1) is 9.19.